The summed E-state index contributed by atoms with van der Waals surface area (Å²) in [4.78, 5) is 21.1. The van der Waals surface area contributed by atoms with Crippen molar-refractivity contribution in [1.29, 1.82) is 0 Å². The first-order valence-corrected chi connectivity index (χ1v) is 4.66. The highest BCUT2D eigenvalue weighted by Gasteiger charge is 2.00. The van der Waals surface area contributed by atoms with E-state index in [1.165, 1.54) is 0 Å². The topological polar surface area (TPSA) is 75.6 Å². The summed E-state index contributed by atoms with van der Waals surface area (Å²) in [6.45, 7) is 0.802. The van der Waals surface area contributed by atoms with Crippen LogP contribution in [0.5, 0.6) is 0 Å². The van der Waals surface area contributed by atoms with Gasteiger partial charge < -0.3 is 15.2 Å². The molecule has 0 aliphatic carbocycles. The molecule has 0 saturated heterocycles. The Morgan fingerprint density at radius 1 is 1.33 bits per heavy atom. The molecule has 0 atom stereocenters. The highest BCUT2D eigenvalue weighted by Crippen LogP contribution is 1.91. The van der Waals surface area contributed by atoms with Gasteiger partial charge in [0.05, 0.1) is 19.6 Å². The van der Waals surface area contributed by atoms with Crippen molar-refractivity contribution < 1.29 is 19.4 Å². The average molecular weight is 213 g/mol. The number of carboxylic acids is 1. The summed E-state index contributed by atoms with van der Waals surface area (Å²) in [6.07, 6.45) is 5.85. The monoisotopic (exact) mass is 213 g/mol. The van der Waals surface area contributed by atoms with Gasteiger partial charge >= 0.3 is 5.97 Å². The number of carboxylic acid groups (broad SMARTS) is 1. The third-order valence-electron chi connectivity index (χ3n) is 1.54. The number of carbonyl (C=O) groups excluding carboxylic acids is 1. The Bertz CT molecular complexity index is 244. The van der Waals surface area contributed by atoms with E-state index in [9.17, 15) is 9.59 Å². The van der Waals surface area contributed by atoms with Crippen LogP contribution in [-0.2, 0) is 14.3 Å². The standard InChI is InChI=1S/C10H15NO4/c1-2-6-11-9(12)4-3-7-15-8-5-10(13)14/h1H,3-8H2,(H,11,12)(H,13,14). The minimum absolute atomic E-state index is 0.0106. The number of terminal acetylenes is 1. The van der Waals surface area contributed by atoms with Crippen LogP contribution >= 0.6 is 0 Å². The highest BCUT2D eigenvalue weighted by atomic mass is 16.5. The van der Waals surface area contributed by atoms with E-state index in [0.29, 0.717) is 19.4 Å². The van der Waals surface area contributed by atoms with Gasteiger partial charge in [0.1, 0.15) is 0 Å². The molecule has 0 saturated carbocycles. The fourth-order valence-electron chi connectivity index (χ4n) is 0.834. The minimum atomic E-state index is -0.887. The molecule has 5 heteroatoms. The van der Waals surface area contributed by atoms with Gasteiger partial charge in [0.15, 0.2) is 0 Å². The van der Waals surface area contributed by atoms with E-state index >= 15 is 0 Å². The molecule has 15 heavy (non-hydrogen) atoms. The molecule has 0 aliphatic heterocycles. The Labute approximate surface area is 88.8 Å². The number of hydrogen-bond donors (Lipinski definition) is 2. The van der Waals surface area contributed by atoms with Crippen molar-refractivity contribution in [2.45, 2.75) is 19.3 Å². The van der Waals surface area contributed by atoms with Crippen LogP contribution in [0, 0.1) is 12.3 Å². The van der Waals surface area contributed by atoms with Crippen LogP contribution in [0.25, 0.3) is 0 Å². The summed E-state index contributed by atoms with van der Waals surface area (Å²) in [6, 6.07) is 0. The lowest BCUT2D eigenvalue weighted by molar-refractivity contribution is -0.138. The molecule has 0 aromatic rings. The quantitative estimate of drug-likeness (QED) is 0.440. The largest absolute Gasteiger partial charge is 0.481 e. The molecule has 0 fully saturated rings. The maximum atomic E-state index is 11.0. The fraction of sp³-hybridized carbons (Fsp3) is 0.600. The van der Waals surface area contributed by atoms with Gasteiger partial charge in [-0.15, -0.1) is 6.42 Å². The van der Waals surface area contributed by atoms with Gasteiger partial charge in [-0.25, -0.2) is 0 Å². The van der Waals surface area contributed by atoms with Crippen LogP contribution in [0.2, 0.25) is 0 Å². The zero-order chi connectivity index (χ0) is 11.5. The van der Waals surface area contributed by atoms with E-state index in [-0.39, 0.29) is 25.5 Å². The molecule has 0 unspecified atom stereocenters. The Kier molecular flexibility index (Phi) is 8.10. The van der Waals surface area contributed by atoms with Gasteiger partial charge in [0.2, 0.25) is 5.91 Å². The number of ether oxygens (including phenoxy) is 1. The van der Waals surface area contributed by atoms with Gasteiger partial charge in [0, 0.05) is 13.0 Å². The van der Waals surface area contributed by atoms with Gasteiger partial charge in [-0.3, -0.25) is 9.59 Å². The number of carbonyl (C=O) groups is 2. The van der Waals surface area contributed by atoms with Crippen LogP contribution in [-0.4, -0.2) is 36.7 Å². The molecule has 0 rings (SSSR count). The smallest absolute Gasteiger partial charge is 0.305 e. The summed E-state index contributed by atoms with van der Waals surface area (Å²) in [7, 11) is 0. The third kappa shape index (κ3) is 10.4. The summed E-state index contributed by atoms with van der Waals surface area (Å²) in [5.41, 5.74) is 0. The fourth-order valence-corrected chi connectivity index (χ4v) is 0.834. The van der Waals surface area contributed by atoms with Crippen molar-refractivity contribution in [2.75, 3.05) is 19.8 Å². The second kappa shape index (κ2) is 9.03. The summed E-state index contributed by atoms with van der Waals surface area (Å²) in [5, 5.41) is 10.8. The summed E-state index contributed by atoms with van der Waals surface area (Å²) in [5.74, 6) is 1.29. The van der Waals surface area contributed by atoms with Crippen LogP contribution in [0.1, 0.15) is 19.3 Å². The summed E-state index contributed by atoms with van der Waals surface area (Å²) < 4.78 is 5.00. The van der Waals surface area contributed by atoms with Crippen molar-refractivity contribution in [2.24, 2.45) is 0 Å². The van der Waals surface area contributed by atoms with Crippen molar-refractivity contribution in [3.63, 3.8) is 0 Å². The van der Waals surface area contributed by atoms with Crippen molar-refractivity contribution >= 4 is 11.9 Å². The predicted octanol–water partition coefficient (Wildman–Crippen LogP) is 0.00730. The van der Waals surface area contributed by atoms with Crippen molar-refractivity contribution in [3.05, 3.63) is 0 Å². The van der Waals surface area contributed by atoms with E-state index in [1.54, 1.807) is 0 Å². The molecule has 2 N–H and O–H groups in total. The molecule has 0 heterocycles. The van der Waals surface area contributed by atoms with E-state index in [1.807, 2.05) is 0 Å². The first kappa shape index (κ1) is 13.5. The third-order valence-corrected chi connectivity index (χ3v) is 1.54. The molecular weight excluding hydrogens is 198 g/mol. The lowest BCUT2D eigenvalue weighted by atomic mass is 10.3. The second-order valence-electron chi connectivity index (χ2n) is 2.84. The Balaban J connectivity index is 3.20. The lowest BCUT2D eigenvalue weighted by Gasteiger charge is -2.02. The molecule has 0 radical (unpaired) electrons. The number of aliphatic carboxylic acids is 1. The lowest BCUT2D eigenvalue weighted by Crippen LogP contribution is -2.23. The zero-order valence-corrected chi connectivity index (χ0v) is 8.49. The Morgan fingerprint density at radius 3 is 2.67 bits per heavy atom. The molecule has 0 aromatic heterocycles. The normalized spacial score (nSPS) is 9.27. The molecule has 0 bridgehead atoms. The van der Waals surface area contributed by atoms with Crippen LogP contribution < -0.4 is 5.32 Å². The highest BCUT2D eigenvalue weighted by molar-refractivity contribution is 5.76. The van der Waals surface area contributed by atoms with Crippen molar-refractivity contribution in [1.82, 2.24) is 5.32 Å². The summed E-state index contributed by atoms with van der Waals surface area (Å²) >= 11 is 0. The number of nitrogens with one attached hydrogen (secondary N) is 1. The maximum absolute atomic E-state index is 11.0. The zero-order valence-electron chi connectivity index (χ0n) is 8.49. The SMILES string of the molecule is C#CCNC(=O)CCCOCCC(=O)O. The van der Waals surface area contributed by atoms with Gasteiger partial charge in [0.25, 0.3) is 0 Å². The molecule has 5 nitrogen and oxygen atoms in total. The average Bonchev–Trinajstić information content (AvgIpc) is 2.19. The van der Waals surface area contributed by atoms with E-state index in [0.717, 1.165) is 0 Å². The van der Waals surface area contributed by atoms with Gasteiger partial charge in [-0.2, -0.15) is 0 Å². The van der Waals surface area contributed by atoms with Crippen LogP contribution in [0.3, 0.4) is 0 Å². The predicted molar refractivity (Wildman–Crippen MR) is 54.1 cm³/mol. The molecular formula is C10H15NO4. The first-order valence-electron chi connectivity index (χ1n) is 4.66. The molecule has 0 aromatic carbocycles. The van der Waals surface area contributed by atoms with Gasteiger partial charge in [-0.1, -0.05) is 5.92 Å². The number of hydrogen-bond acceptors (Lipinski definition) is 3. The number of amides is 1. The number of rotatable bonds is 8. The Morgan fingerprint density at radius 2 is 2.07 bits per heavy atom. The maximum Gasteiger partial charge on any atom is 0.305 e. The van der Waals surface area contributed by atoms with Crippen LogP contribution in [0.15, 0.2) is 0 Å². The molecule has 0 spiro atoms. The van der Waals surface area contributed by atoms with E-state index < -0.39 is 5.97 Å². The molecule has 0 aliphatic rings. The van der Waals surface area contributed by atoms with E-state index in [4.69, 9.17) is 16.3 Å². The van der Waals surface area contributed by atoms with Crippen molar-refractivity contribution in [3.8, 4) is 12.3 Å². The molecule has 1 amide bonds. The molecule has 84 valence electrons. The first-order chi connectivity index (χ1) is 7.16. The second-order valence-corrected chi connectivity index (χ2v) is 2.84. The van der Waals surface area contributed by atoms with Gasteiger partial charge in [-0.05, 0) is 6.42 Å². The van der Waals surface area contributed by atoms with Crippen LogP contribution in [0.4, 0.5) is 0 Å². The minimum Gasteiger partial charge on any atom is -0.481 e. The Hall–Kier alpha value is -1.54. The van der Waals surface area contributed by atoms with E-state index in [2.05, 4.69) is 11.2 Å².